The number of aliphatic hydroxyl groups is 1. The average molecular weight is 379 g/mol. The van der Waals surface area contributed by atoms with Gasteiger partial charge < -0.3 is 14.3 Å². The molecule has 0 saturated carbocycles. The van der Waals surface area contributed by atoms with E-state index >= 15 is 0 Å². The van der Waals surface area contributed by atoms with Crippen molar-refractivity contribution < 1.29 is 18.7 Å². The summed E-state index contributed by atoms with van der Waals surface area (Å²) in [5.41, 5.74) is 1.27. The molecule has 0 spiro atoms. The molecule has 1 N–H and O–H groups in total. The zero-order valence-corrected chi connectivity index (χ0v) is 14.4. The smallest absolute Gasteiger partial charge is 0.389 e. The number of rotatable bonds is 7. The second kappa shape index (κ2) is 8.27. The predicted octanol–water partition coefficient (Wildman–Crippen LogP) is 2.87. The highest BCUT2D eigenvalue weighted by Crippen LogP contribution is 2.17. The fourth-order valence-electron chi connectivity index (χ4n) is 2.30. The van der Waals surface area contributed by atoms with Crippen molar-refractivity contribution >= 4 is 11.6 Å². The Morgan fingerprint density at radius 3 is 2.69 bits per heavy atom. The summed E-state index contributed by atoms with van der Waals surface area (Å²) in [5, 5.41) is 14.6. The number of halogens is 2. The topological polar surface area (TPSA) is 77.5 Å². The lowest BCUT2D eigenvalue weighted by molar-refractivity contribution is 0.0178. The van der Waals surface area contributed by atoms with E-state index in [9.17, 15) is 14.3 Å². The van der Waals surface area contributed by atoms with Crippen LogP contribution in [0.5, 0.6) is 0 Å². The Hall–Kier alpha value is -2.48. The summed E-state index contributed by atoms with van der Waals surface area (Å²) in [5.74, 6) is -1.06. The van der Waals surface area contributed by atoms with E-state index < -0.39 is 17.7 Å². The molecule has 0 fully saturated rings. The molecule has 3 aromatic rings. The molecule has 26 heavy (non-hydrogen) atoms. The minimum absolute atomic E-state index is 0.00357. The van der Waals surface area contributed by atoms with Gasteiger partial charge in [-0.25, -0.2) is 9.18 Å². The van der Waals surface area contributed by atoms with Crippen LogP contribution in [0, 0.1) is 5.82 Å². The molecule has 0 aliphatic rings. The minimum Gasteiger partial charge on any atom is -0.389 e. The highest BCUT2D eigenvalue weighted by atomic mass is 35.5. The van der Waals surface area contributed by atoms with E-state index in [1.54, 1.807) is 6.07 Å². The van der Waals surface area contributed by atoms with Crippen molar-refractivity contribution in [2.24, 2.45) is 0 Å². The lowest BCUT2D eigenvalue weighted by Gasteiger charge is -2.11. The molecular weight excluding hydrogens is 363 g/mol. The van der Waals surface area contributed by atoms with E-state index in [1.807, 2.05) is 18.2 Å². The van der Waals surface area contributed by atoms with Gasteiger partial charge in [0.05, 0.1) is 25.9 Å². The third-order valence-electron chi connectivity index (χ3n) is 3.61. The summed E-state index contributed by atoms with van der Waals surface area (Å²) < 4.78 is 24.4. The van der Waals surface area contributed by atoms with E-state index in [-0.39, 0.29) is 25.6 Å². The SMILES string of the molecule is O=c1oc(-c2ccc(F)cc2)nn1CC(O)COCc1ccccc1Cl. The lowest BCUT2D eigenvalue weighted by Crippen LogP contribution is -2.28. The van der Waals surface area contributed by atoms with Crippen LogP contribution in [0.25, 0.3) is 11.5 Å². The van der Waals surface area contributed by atoms with Gasteiger partial charge in [-0.2, -0.15) is 4.68 Å². The van der Waals surface area contributed by atoms with E-state index in [0.29, 0.717) is 10.6 Å². The quantitative estimate of drug-likeness (QED) is 0.684. The molecule has 8 heteroatoms. The number of aromatic nitrogens is 2. The molecule has 6 nitrogen and oxygen atoms in total. The van der Waals surface area contributed by atoms with Gasteiger partial charge >= 0.3 is 5.76 Å². The van der Waals surface area contributed by atoms with Gasteiger partial charge in [-0.3, -0.25) is 0 Å². The maximum atomic E-state index is 13.0. The molecule has 1 aromatic heterocycles. The van der Waals surface area contributed by atoms with Gasteiger partial charge in [0.15, 0.2) is 0 Å². The van der Waals surface area contributed by atoms with Crippen molar-refractivity contribution in [3.8, 4) is 11.5 Å². The molecule has 2 aromatic carbocycles. The van der Waals surface area contributed by atoms with Crippen LogP contribution in [0.1, 0.15) is 5.56 Å². The monoisotopic (exact) mass is 378 g/mol. The molecule has 0 aliphatic heterocycles. The van der Waals surface area contributed by atoms with Crippen molar-refractivity contribution in [3.05, 3.63) is 75.5 Å². The highest BCUT2D eigenvalue weighted by Gasteiger charge is 2.14. The van der Waals surface area contributed by atoms with Gasteiger partial charge in [-0.05, 0) is 35.9 Å². The molecule has 0 aliphatic carbocycles. The lowest BCUT2D eigenvalue weighted by atomic mass is 10.2. The molecule has 0 radical (unpaired) electrons. The molecule has 0 saturated heterocycles. The molecular formula is C18H16ClFN2O4. The van der Waals surface area contributed by atoms with Crippen LogP contribution in [-0.4, -0.2) is 27.6 Å². The zero-order valence-electron chi connectivity index (χ0n) is 13.6. The molecule has 3 rings (SSSR count). The predicted molar refractivity (Wildman–Crippen MR) is 93.3 cm³/mol. The van der Waals surface area contributed by atoms with Crippen molar-refractivity contribution in [3.63, 3.8) is 0 Å². The summed E-state index contributed by atoms with van der Waals surface area (Å²) in [4.78, 5) is 11.8. The standard InChI is InChI=1S/C18H16ClFN2O4/c19-16-4-2-1-3-13(16)10-25-11-15(23)9-22-18(24)26-17(21-22)12-5-7-14(20)8-6-12/h1-8,15,23H,9-11H2. The van der Waals surface area contributed by atoms with E-state index in [2.05, 4.69) is 5.10 Å². The average Bonchev–Trinajstić information content (AvgIpc) is 2.98. The Labute approximate surface area is 153 Å². The molecule has 136 valence electrons. The zero-order chi connectivity index (χ0) is 18.5. The normalized spacial score (nSPS) is 12.3. The van der Waals surface area contributed by atoms with Crippen molar-refractivity contribution in [2.45, 2.75) is 19.3 Å². The Kier molecular flexibility index (Phi) is 5.82. The summed E-state index contributed by atoms with van der Waals surface area (Å²) in [6, 6.07) is 12.6. The first-order valence-corrected chi connectivity index (χ1v) is 8.24. The van der Waals surface area contributed by atoms with Crippen LogP contribution in [0.2, 0.25) is 5.02 Å². The van der Waals surface area contributed by atoms with Gasteiger partial charge in [0.1, 0.15) is 5.82 Å². The van der Waals surface area contributed by atoms with Crippen LogP contribution in [0.3, 0.4) is 0 Å². The van der Waals surface area contributed by atoms with Gasteiger partial charge in [0, 0.05) is 10.6 Å². The molecule has 1 unspecified atom stereocenters. The molecule has 0 amide bonds. The van der Waals surface area contributed by atoms with Crippen molar-refractivity contribution in [1.82, 2.24) is 9.78 Å². The van der Waals surface area contributed by atoms with Gasteiger partial charge in [-0.15, -0.1) is 5.10 Å². The van der Waals surface area contributed by atoms with Crippen molar-refractivity contribution in [1.29, 1.82) is 0 Å². The fraction of sp³-hybridized carbons (Fsp3) is 0.222. The largest absolute Gasteiger partial charge is 0.437 e. The Morgan fingerprint density at radius 1 is 1.23 bits per heavy atom. The van der Waals surface area contributed by atoms with Crippen LogP contribution < -0.4 is 5.76 Å². The third-order valence-corrected chi connectivity index (χ3v) is 3.98. The van der Waals surface area contributed by atoms with Crippen molar-refractivity contribution in [2.75, 3.05) is 6.61 Å². The number of hydrogen-bond donors (Lipinski definition) is 1. The Bertz CT molecular complexity index is 923. The van der Waals surface area contributed by atoms with Crippen LogP contribution >= 0.6 is 11.6 Å². The second-order valence-corrected chi connectivity index (χ2v) is 6.03. The third kappa shape index (κ3) is 4.57. The summed E-state index contributed by atoms with van der Waals surface area (Å²) in [7, 11) is 0. The number of hydrogen-bond acceptors (Lipinski definition) is 5. The van der Waals surface area contributed by atoms with Crippen LogP contribution in [0.15, 0.2) is 57.7 Å². The van der Waals surface area contributed by atoms with Gasteiger partial charge in [0.2, 0.25) is 5.89 Å². The number of aliphatic hydroxyl groups excluding tert-OH is 1. The maximum absolute atomic E-state index is 13.0. The number of benzene rings is 2. The maximum Gasteiger partial charge on any atom is 0.437 e. The van der Waals surface area contributed by atoms with Gasteiger partial charge in [0.25, 0.3) is 0 Å². The first kappa shape index (κ1) is 18.3. The van der Waals surface area contributed by atoms with Crippen LogP contribution in [-0.2, 0) is 17.9 Å². The Balaban J connectivity index is 1.57. The van der Waals surface area contributed by atoms with E-state index in [1.165, 1.54) is 24.3 Å². The first-order chi connectivity index (χ1) is 12.5. The Morgan fingerprint density at radius 2 is 1.96 bits per heavy atom. The van der Waals surface area contributed by atoms with E-state index in [4.69, 9.17) is 20.8 Å². The highest BCUT2D eigenvalue weighted by molar-refractivity contribution is 6.31. The molecule has 1 heterocycles. The molecule has 1 atom stereocenters. The molecule has 0 bridgehead atoms. The number of ether oxygens (including phenoxy) is 1. The minimum atomic E-state index is -0.957. The fourth-order valence-corrected chi connectivity index (χ4v) is 2.49. The summed E-state index contributed by atoms with van der Waals surface area (Å²) in [6.45, 7) is 0.147. The second-order valence-electron chi connectivity index (χ2n) is 5.62. The van der Waals surface area contributed by atoms with Crippen LogP contribution in [0.4, 0.5) is 4.39 Å². The van der Waals surface area contributed by atoms with E-state index in [0.717, 1.165) is 10.2 Å². The first-order valence-electron chi connectivity index (χ1n) is 7.86. The number of nitrogens with zero attached hydrogens (tertiary/aromatic N) is 2. The summed E-state index contributed by atoms with van der Waals surface area (Å²) >= 11 is 6.03. The summed E-state index contributed by atoms with van der Waals surface area (Å²) in [6.07, 6.45) is -0.957. The van der Waals surface area contributed by atoms with Gasteiger partial charge in [-0.1, -0.05) is 29.8 Å².